The van der Waals surface area contributed by atoms with Crippen LogP contribution < -0.4 is 0 Å². The third kappa shape index (κ3) is 7.93. The van der Waals surface area contributed by atoms with E-state index in [0.29, 0.717) is 0 Å². The monoisotopic (exact) mass is 396 g/mol. The van der Waals surface area contributed by atoms with Crippen LogP contribution in [-0.2, 0) is 12.8 Å². The summed E-state index contributed by atoms with van der Waals surface area (Å²) in [5.41, 5.74) is 8.30. The summed E-state index contributed by atoms with van der Waals surface area (Å²) in [7, 11) is 0. The largest absolute Gasteiger partial charge is 0.246 e. The van der Waals surface area contributed by atoms with Crippen LogP contribution in [0.25, 0.3) is 6.08 Å². The van der Waals surface area contributed by atoms with Crippen LogP contribution in [0.2, 0.25) is 0 Å². The van der Waals surface area contributed by atoms with Crippen molar-refractivity contribution in [1.29, 1.82) is 0 Å². The molecule has 0 N–H and O–H groups in total. The molecule has 152 valence electrons. The van der Waals surface area contributed by atoms with Gasteiger partial charge in [0, 0.05) is 22.5 Å². The smallest absolute Gasteiger partial charge is 0.0327 e. The minimum absolute atomic E-state index is 0.888. The number of hydrazone groups is 1. The lowest BCUT2D eigenvalue weighted by atomic mass is 9.96. The number of allylic oxidation sites excluding steroid dienone is 5. The van der Waals surface area contributed by atoms with Crippen LogP contribution in [0.15, 0.2) is 63.9 Å². The van der Waals surface area contributed by atoms with E-state index in [1.807, 2.05) is 32.0 Å². The maximum absolute atomic E-state index is 4.78. The van der Waals surface area contributed by atoms with Gasteiger partial charge in [0.1, 0.15) is 0 Å². The number of benzene rings is 1. The first-order valence-electron chi connectivity index (χ1n) is 9.97. The molecule has 2 nitrogen and oxygen atoms in total. The van der Waals surface area contributed by atoms with E-state index in [4.69, 9.17) is 12.6 Å². The van der Waals surface area contributed by atoms with Crippen LogP contribution in [0, 0.1) is 0 Å². The standard InChI is InChI=1S/C25H36N2S/c1-9-20(7)11-13-23-15-22(10-2)16-25(28)24(23)14-12-21(8)17-27(19(5)6)26-18(3)4/h9,12,14-17,28H,5,10-11,13H2,1-4,6-8H3/b14-12+,20-9+,21-17+. The zero-order valence-corrected chi connectivity index (χ0v) is 19.5. The fraction of sp³-hybridized carbons (Fsp3) is 0.400. The van der Waals surface area contributed by atoms with Crippen LogP contribution >= 0.6 is 12.6 Å². The zero-order valence-electron chi connectivity index (χ0n) is 18.6. The van der Waals surface area contributed by atoms with E-state index in [2.05, 4.69) is 69.7 Å². The summed E-state index contributed by atoms with van der Waals surface area (Å²) in [5, 5.41) is 6.33. The Labute approximate surface area is 177 Å². The third-order valence-electron chi connectivity index (χ3n) is 4.53. The van der Waals surface area contributed by atoms with Crippen molar-refractivity contribution in [2.75, 3.05) is 0 Å². The van der Waals surface area contributed by atoms with Gasteiger partial charge in [-0.1, -0.05) is 43.4 Å². The van der Waals surface area contributed by atoms with E-state index in [0.717, 1.165) is 41.1 Å². The lowest BCUT2D eigenvalue weighted by Crippen LogP contribution is -2.08. The molecule has 0 aliphatic carbocycles. The van der Waals surface area contributed by atoms with Gasteiger partial charge in [0.15, 0.2) is 0 Å². The van der Waals surface area contributed by atoms with Crippen LogP contribution in [0.3, 0.4) is 0 Å². The maximum Gasteiger partial charge on any atom is 0.0327 e. The topological polar surface area (TPSA) is 15.6 Å². The SMILES string of the molecule is C=C(C)N(/C=C(C)/C=C/c1c(S)cc(CC)cc1CC/C(C)=C/C)N=C(C)C. The van der Waals surface area contributed by atoms with Gasteiger partial charge in [-0.15, -0.1) is 12.6 Å². The molecule has 0 atom stereocenters. The molecule has 0 aliphatic rings. The molecule has 0 bridgehead atoms. The molecule has 0 aromatic heterocycles. The first kappa shape index (κ1) is 24.0. The summed E-state index contributed by atoms with van der Waals surface area (Å²) in [5.74, 6) is 0. The second-order valence-electron chi connectivity index (χ2n) is 7.51. The van der Waals surface area contributed by atoms with Gasteiger partial charge in [0.05, 0.1) is 0 Å². The minimum Gasteiger partial charge on any atom is -0.246 e. The lowest BCUT2D eigenvalue weighted by Gasteiger charge is -2.15. The van der Waals surface area contributed by atoms with Gasteiger partial charge < -0.3 is 0 Å². The van der Waals surface area contributed by atoms with Crippen LogP contribution in [0.5, 0.6) is 0 Å². The van der Waals surface area contributed by atoms with Crippen molar-refractivity contribution in [3.63, 3.8) is 0 Å². The van der Waals surface area contributed by atoms with Crippen molar-refractivity contribution in [1.82, 2.24) is 5.01 Å². The highest BCUT2D eigenvalue weighted by Crippen LogP contribution is 2.26. The summed E-state index contributed by atoms with van der Waals surface area (Å²) in [6.07, 6.45) is 11.6. The fourth-order valence-corrected chi connectivity index (χ4v) is 3.12. The van der Waals surface area contributed by atoms with Gasteiger partial charge in [0.25, 0.3) is 0 Å². The van der Waals surface area contributed by atoms with Crippen molar-refractivity contribution in [3.8, 4) is 0 Å². The predicted molar refractivity (Wildman–Crippen MR) is 129 cm³/mol. The molecular formula is C25H36N2S. The Kier molecular flexibility index (Phi) is 10.1. The van der Waals surface area contributed by atoms with E-state index in [1.54, 1.807) is 0 Å². The number of thiol groups is 1. The molecule has 3 heteroatoms. The fourth-order valence-electron chi connectivity index (χ4n) is 2.73. The van der Waals surface area contributed by atoms with Crippen molar-refractivity contribution in [2.24, 2.45) is 5.10 Å². The normalized spacial score (nSPS) is 12.4. The highest BCUT2D eigenvalue weighted by molar-refractivity contribution is 7.80. The van der Waals surface area contributed by atoms with Gasteiger partial charge in [-0.25, -0.2) is 5.01 Å². The summed E-state index contributed by atoms with van der Waals surface area (Å²) in [6, 6.07) is 4.51. The molecule has 0 heterocycles. The molecule has 0 saturated carbocycles. The highest BCUT2D eigenvalue weighted by Gasteiger charge is 2.07. The number of hydrogen-bond donors (Lipinski definition) is 1. The van der Waals surface area contributed by atoms with Crippen LogP contribution in [-0.4, -0.2) is 10.7 Å². The molecule has 1 aromatic carbocycles. The van der Waals surface area contributed by atoms with Gasteiger partial charge in [-0.3, -0.25) is 0 Å². The Morgan fingerprint density at radius 3 is 2.39 bits per heavy atom. The highest BCUT2D eigenvalue weighted by atomic mass is 32.1. The second-order valence-corrected chi connectivity index (χ2v) is 7.99. The summed E-state index contributed by atoms with van der Waals surface area (Å²) in [6.45, 7) is 18.5. The number of rotatable bonds is 9. The molecule has 1 aromatic rings. The molecule has 0 radical (unpaired) electrons. The predicted octanol–water partition coefficient (Wildman–Crippen LogP) is 7.58. The lowest BCUT2D eigenvalue weighted by molar-refractivity contribution is 0.497. The van der Waals surface area contributed by atoms with Gasteiger partial charge >= 0.3 is 0 Å². The number of nitrogens with zero attached hydrogens (tertiary/aromatic N) is 2. The van der Waals surface area contributed by atoms with Crippen molar-refractivity contribution in [2.45, 2.75) is 72.6 Å². The Morgan fingerprint density at radius 1 is 1.18 bits per heavy atom. The summed E-state index contributed by atoms with van der Waals surface area (Å²) in [4.78, 5) is 1.04. The summed E-state index contributed by atoms with van der Waals surface area (Å²) < 4.78 is 0. The zero-order chi connectivity index (χ0) is 21.3. The van der Waals surface area contributed by atoms with E-state index in [-0.39, 0.29) is 0 Å². The molecule has 28 heavy (non-hydrogen) atoms. The molecule has 0 saturated heterocycles. The Balaban J connectivity index is 3.22. The van der Waals surface area contributed by atoms with E-state index in [9.17, 15) is 0 Å². The number of aryl methyl sites for hydroxylation is 2. The van der Waals surface area contributed by atoms with E-state index >= 15 is 0 Å². The molecular weight excluding hydrogens is 360 g/mol. The Morgan fingerprint density at radius 2 is 1.86 bits per heavy atom. The molecule has 0 amide bonds. The van der Waals surface area contributed by atoms with Crippen molar-refractivity contribution < 1.29 is 0 Å². The van der Waals surface area contributed by atoms with E-state index < -0.39 is 0 Å². The van der Waals surface area contributed by atoms with Crippen molar-refractivity contribution in [3.05, 3.63) is 70.6 Å². The van der Waals surface area contributed by atoms with Crippen LogP contribution in [0.1, 0.15) is 71.6 Å². The van der Waals surface area contributed by atoms with Crippen LogP contribution in [0.4, 0.5) is 0 Å². The first-order chi connectivity index (χ1) is 13.2. The molecule has 0 spiro atoms. The van der Waals surface area contributed by atoms with Gasteiger partial charge in [-0.05, 0) is 89.1 Å². The van der Waals surface area contributed by atoms with E-state index in [1.165, 1.54) is 22.3 Å². The Bertz CT molecular complexity index is 806. The quantitative estimate of drug-likeness (QED) is 0.149. The Hall–Kier alpha value is -2.00. The minimum atomic E-state index is 0.888. The first-order valence-corrected chi connectivity index (χ1v) is 10.4. The summed E-state index contributed by atoms with van der Waals surface area (Å²) >= 11 is 4.78. The molecule has 0 fully saturated rings. The van der Waals surface area contributed by atoms with Crippen molar-refractivity contribution >= 4 is 24.4 Å². The van der Waals surface area contributed by atoms with Gasteiger partial charge in [-0.2, -0.15) is 5.10 Å². The average molecular weight is 397 g/mol. The molecule has 0 unspecified atom stereocenters. The molecule has 0 aliphatic heterocycles. The molecule has 1 rings (SSSR count). The third-order valence-corrected chi connectivity index (χ3v) is 4.90. The maximum atomic E-state index is 4.78. The van der Waals surface area contributed by atoms with Gasteiger partial charge in [0.2, 0.25) is 0 Å². The number of hydrogen-bond acceptors (Lipinski definition) is 3. The second kappa shape index (κ2) is 11.8. The average Bonchev–Trinajstić information content (AvgIpc) is 2.63.